The Bertz CT molecular complexity index is 2010. The molecule has 0 radical (unpaired) electrons. The van der Waals surface area contributed by atoms with E-state index in [4.69, 9.17) is 5.11 Å². The van der Waals surface area contributed by atoms with E-state index in [0.717, 1.165) is 25.7 Å². The zero-order valence-corrected chi connectivity index (χ0v) is 50.1. The lowest BCUT2D eigenvalue weighted by atomic mass is 9.92. The van der Waals surface area contributed by atoms with E-state index in [0.29, 0.717) is 45.3 Å². The van der Waals surface area contributed by atoms with E-state index >= 15 is 0 Å². The predicted octanol–water partition coefficient (Wildman–Crippen LogP) is 2.16. The molecule has 1 aliphatic heterocycles. The van der Waals surface area contributed by atoms with Crippen molar-refractivity contribution < 1.29 is 58.2 Å². The number of hydrogen-bond acceptors (Lipinski definition) is 13. The number of hydrogen-bond donors (Lipinski definition) is 11. The fourth-order valence-electron chi connectivity index (χ4n) is 8.99. The first-order valence-corrected chi connectivity index (χ1v) is 28.5. The molecule has 1 fully saturated rings. The highest BCUT2D eigenvalue weighted by Crippen LogP contribution is 2.24. The Balaban J connectivity index is 3.23. The number of aliphatic hydroxyl groups excluding tert-OH is 2. The number of nitrogens with one attached hydrogen (secondary N) is 9. The number of nitrogens with zero attached hydrogens (tertiary/aromatic N) is 1. The van der Waals surface area contributed by atoms with Crippen LogP contribution in [0.5, 0.6) is 0 Å². The van der Waals surface area contributed by atoms with Gasteiger partial charge in [-0.15, -0.1) is 0 Å². The molecule has 0 spiro atoms. The molecule has 0 aromatic carbocycles. The van der Waals surface area contributed by atoms with E-state index < -0.39 is 112 Å². The lowest BCUT2D eigenvalue weighted by Gasteiger charge is -2.35. The second-order valence-corrected chi connectivity index (χ2v) is 23.7. The predicted molar refractivity (Wildman–Crippen MR) is 299 cm³/mol. The van der Waals surface area contributed by atoms with E-state index in [9.17, 15) is 53.1 Å². The van der Waals surface area contributed by atoms with Gasteiger partial charge in [0.1, 0.15) is 52.6 Å². The molecular weight excluding hydrogens is 1000 g/mol. The topological polar surface area (TPSA) is 323 Å². The molecule has 448 valence electrons. The fraction of sp³-hybridized carbons (Fsp3) is 0.821. The Morgan fingerprint density at radius 3 is 1.81 bits per heavy atom. The van der Waals surface area contributed by atoms with Crippen molar-refractivity contribution in [2.45, 2.75) is 247 Å². The monoisotopic (exact) mass is 1110 g/mol. The first kappa shape index (κ1) is 70.8. The number of likely N-dealkylation sites (tertiary alicyclic amines) is 1. The van der Waals surface area contributed by atoms with Crippen LogP contribution in [-0.4, -0.2) is 159 Å². The Morgan fingerprint density at radius 1 is 0.641 bits per heavy atom. The number of carbonyl (C=O) groups excluding carboxylic acids is 10. The van der Waals surface area contributed by atoms with Crippen molar-refractivity contribution >= 4 is 58.9 Å². The number of amides is 9. The van der Waals surface area contributed by atoms with Crippen molar-refractivity contribution in [3.63, 3.8) is 0 Å². The number of ketones is 1. The van der Waals surface area contributed by atoms with Crippen LogP contribution in [0.2, 0.25) is 0 Å². The molecule has 0 bridgehead atoms. The van der Waals surface area contributed by atoms with E-state index in [1.165, 1.54) is 48.5 Å². The summed E-state index contributed by atoms with van der Waals surface area (Å²) in [6.45, 7) is 27.4. The molecule has 0 aliphatic carbocycles. The SMILES string of the molecule is CCCCCC[C@H](C)C(=O)N1CCC[C@H]1C(=O)N[C@@H](C[C@@H](C)C[C@@H](O)CC(=O)CC)C(=O)N[C@H](C)C(=O)NC(C)(C)C(=O)N[C@H](C(=O)N[C@@H](C(=O)NC(C)(C)C(=O)NC(C)(C)C(=O)N[C@@H](C)CNCCO)C(C)C)[C@H](C)CC. The maximum atomic E-state index is 14.1. The molecule has 0 saturated carbocycles. The summed E-state index contributed by atoms with van der Waals surface area (Å²) in [6.07, 6.45) is 5.57. The molecule has 0 unspecified atom stereocenters. The minimum atomic E-state index is -1.67. The third kappa shape index (κ3) is 23.6. The third-order valence-electron chi connectivity index (χ3n) is 14.5. The van der Waals surface area contributed by atoms with Crippen molar-refractivity contribution in [2.24, 2.45) is 23.7 Å². The molecular formula is C56H102N10O12. The molecule has 10 atom stereocenters. The van der Waals surface area contributed by atoms with Crippen LogP contribution in [-0.2, 0) is 47.9 Å². The van der Waals surface area contributed by atoms with Gasteiger partial charge in [-0.3, -0.25) is 47.9 Å². The van der Waals surface area contributed by atoms with Gasteiger partial charge in [0.2, 0.25) is 53.2 Å². The van der Waals surface area contributed by atoms with E-state index in [-0.39, 0.29) is 61.9 Å². The van der Waals surface area contributed by atoms with Crippen molar-refractivity contribution in [2.75, 3.05) is 26.2 Å². The summed E-state index contributed by atoms with van der Waals surface area (Å²) in [4.78, 5) is 138. The van der Waals surface area contributed by atoms with E-state index in [1.807, 2.05) is 13.8 Å². The van der Waals surface area contributed by atoms with Gasteiger partial charge in [-0.2, -0.15) is 0 Å². The van der Waals surface area contributed by atoms with Crippen LogP contribution in [0, 0.1) is 23.7 Å². The summed E-state index contributed by atoms with van der Waals surface area (Å²) >= 11 is 0. The van der Waals surface area contributed by atoms with Crippen molar-refractivity contribution in [1.29, 1.82) is 0 Å². The average Bonchev–Trinajstić information content (AvgIpc) is 3.85. The molecule has 22 heteroatoms. The first-order chi connectivity index (χ1) is 36.2. The average molecular weight is 1110 g/mol. The zero-order chi connectivity index (χ0) is 59.9. The molecule has 0 aromatic rings. The fourth-order valence-corrected chi connectivity index (χ4v) is 8.99. The minimum Gasteiger partial charge on any atom is -0.395 e. The van der Waals surface area contributed by atoms with Gasteiger partial charge >= 0.3 is 0 Å². The highest BCUT2D eigenvalue weighted by atomic mass is 16.3. The lowest BCUT2D eigenvalue weighted by molar-refractivity contribution is -0.142. The third-order valence-corrected chi connectivity index (χ3v) is 14.5. The Hall–Kier alpha value is -5.22. The van der Waals surface area contributed by atoms with Gasteiger partial charge in [0.05, 0.1) is 12.7 Å². The summed E-state index contributed by atoms with van der Waals surface area (Å²) in [7, 11) is 0. The van der Waals surface area contributed by atoms with Crippen LogP contribution >= 0.6 is 0 Å². The number of aliphatic hydroxyl groups is 2. The van der Waals surface area contributed by atoms with Crippen LogP contribution in [0.1, 0.15) is 188 Å². The maximum absolute atomic E-state index is 14.1. The minimum absolute atomic E-state index is 0.0294. The largest absolute Gasteiger partial charge is 0.395 e. The number of rotatable bonds is 36. The Morgan fingerprint density at radius 2 is 1.23 bits per heavy atom. The summed E-state index contributed by atoms with van der Waals surface area (Å²) in [5, 5.41) is 44.5. The van der Waals surface area contributed by atoms with Gasteiger partial charge in [-0.25, -0.2) is 0 Å². The van der Waals surface area contributed by atoms with E-state index in [1.54, 1.807) is 46.4 Å². The molecule has 1 saturated heterocycles. The summed E-state index contributed by atoms with van der Waals surface area (Å²) < 4.78 is 0. The summed E-state index contributed by atoms with van der Waals surface area (Å²) in [5.74, 6) is -7.21. The van der Waals surface area contributed by atoms with Gasteiger partial charge in [-0.05, 0) is 105 Å². The van der Waals surface area contributed by atoms with Crippen molar-refractivity contribution in [3.8, 4) is 0 Å². The van der Waals surface area contributed by atoms with Gasteiger partial charge in [0.15, 0.2) is 0 Å². The quantitative estimate of drug-likeness (QED) is 0.0402. The Labute approximate surface area is 465 Å². The number of carbonyl (C=O) groups is 10. The maximum Gasteiger partial charge on any atom is 0.246 e. The Kier molecular flexibility index (Phi) is 30.3. The lowest BCUT2D eigenvalue weighted by Crippen LogP contribution is -2.66. The van der Waals surface area contributed by atoms with Crippen LogP contribution in [0.3, 0.4) is 0 Å². The van der Waals surface area contributed by atoms with Crippen molar-refractivity contribution in [1.82, 2.24) is 52.8 Å². The molecule has 0 aromatic heterocycles. The molecule has 78 heavy (non-hydrogen) atoms. The summed E-state index contributed by atoms with van der Waals surface area (Å²) in [6, 6.07) is -5.99. The van der Waals surface area contributed by atoms with Gasteiger partial charge in [-0.1, -0.05) is 87.5 Å². The van der Waals surface area contributed by atoms with Crippen LogP contribution < -0.4 is 47.9 Å². The number of Topliss-reactive ketones (excluding diaryl/α,β-unsaturated/α-hetero) is 1. The first-order valence-electron chi connectivity index (χ1n) is 28.5. The zero-order valence-electron chi connectivity index (χ0n) is 50.1. The molecule has 1 rings (SSSR count). The second-order valence-electron chi connectivity index (χ2n) is 23.7. The van der Waals surface area contributed by atoms with Gasteiger partial charge in [0, 0.05) is 44.4 Å². The molecule has 9 amide bonds. The summed E-state index contributed by atoms with van der Waals surface area (Å²) in [5.41, 5.74) is -4.63. The van der Waals surface area contributed by atoms with Gasteiger partial charge in [0.25, 0.3) is 0 Å². The molecule has 11 N–H and O–H groups in total. The van der Waals surface area contributed by atoms with Crippen LogP contribution in [0.4, 0.5) is 0 Å². The van der Waals surface area contributed by atoms with Gasteiger partial charge < -0.3 is 63.0 Å². The normalized spacial score (nSPS) is 17.4. The van der Waals surface area contributed by atoms with Crippen LogP contribution in [0.25, 0.3) is 0 Å². The van der Waals surface area contributed by atoms with Crippen LogP contribution in [0.15, 0.2) is 0 Å². The highest BCUT2D eigenvalue weighted by molar-refractivity contribution is 6.00. The second kappa shape index (κ2) is 33.4. The molecule has 1 aliphatic rings. The highest BCUT2D eigenvalue weighted by Gasteiger charge is 2.42. The van der Waals surface area contributed by atoms with Crippen molar-refractivity contribution in [3.05, 3.63) is 0 Å². The molecule has 22 nitrogen and oxygen atoms in total. The standard InChI is InChI=1S/C56H102N10O12/c1-17-20-21-22-24-36(8)50(75)66-27-23-25-42(66)47(72)60-41(30-34(6)29-40(69)31-39(68)19-3)46(71)59-38(10)45(70)63-54(11,12)52(77)62-44(35(7)18-2)48(73)61-43(33(4)5)49(74)64-56(15,16)53(78)65-55(13,14)51(76)58-37(9)32-57-26-28-67/h33-38,40-44,57,67,69H,17-32H2,1-16H3,(H,58,76)(H,59,71)(H,60,72)(H,61,73)(H,62,77)(H,63,70)(H,64,74)(H,65,78)/t34-,35+,36-,37-,38+,40+,41-,42-,43+,44-/m0/s1. The smallest absolute Gasteiger partial charge is 0.246 e. The number of unbranched alkanes of at least 4 members (excludes halogenated alkanes) is 3. The molecule has 1 heterocycles. The van der Waals surface area contributed by atoms with E-state index in [2.05, 4.69) is 54.8 Å².